The van der Waals surface area contributed by atoms with Crippen LogP contribution in [0.4, 0.5) is 5.69 Å². The van der Waals surface area contributed by atoms with Gasteiger partial charge in [0.1, 0.15) is 5.75 Å². The number of aryl methyl sites for hydroxylation is 1. The molecule has 4 heteroatoms. The fourth-order valence-electron chi connectivity index (χ4n) is 2.07. The summed E-state index contributed by atoms with van der Waals surface area (Å²) in [5.41, 5.74) is 2.60. The zero-order valence-electron chi connectivity index (χ0n) is 12.2. The minimum absolute atomic E-state index is 0.118. The van der Waals surface area contributed by atoms with Crippen LogP contribution < -0.4 is 10.1 Å². The van der Waals surface area contributed by atoms with Crippen LogP contribution in [0.1, 0.15) is 29.8 Å². The van der Waals surface area contributed by atoms with E-state index in [1.807, 2.05) is 31.2 Å². The largest absolute Gasteiger partial charge is 0.494 e. The first-order chi connectivity index (χ1) is 10.1. The van der Waals surface area contributed by atoms with Crippen molar-refractivity contribution >= 4 is 34.2 Å². The van der Waals surface area contributed by atoms with Crippen LogP contribution in [-0.2, 0) is 6.42 Å². The van der Waals surface area contributed by atoms with Crippen molar-refractivity contribution < 1.29 is 9.53 Å². The summed E-state index contributed by atoms with van der Waals surface area (Å²) >= 11 is 2.27. The lowest BCUT2D eigenvalue weighted by Crippen LogP contribution is -2.13. The number of ether oxygens (including phenoxy) is 1. The highest BCUT2D eigenvalue weighted by Crippen LogP contribution is 2.21. The molecule has 3 nitrogen and oxygen atoms in total. The highest BCUT2D eigenvalue weighted by Gasteiger charge is 2.09. The van der Waals surface area contributed by atoms with E-state index < -0.39 is 0 Å². The van der Waals surface area contributed by atoms with Crippen LogP contribution in [0.2, 0.25) is 0 Å². The average molecular weight is 395 g/mol. The molecule has 2 rings (SSSR count). The van der Waals surface area contributed by atoms with Gasteiger partial charge in [-0.15, -0.1) is 0 Å². The molecule has 0 heterocycles. The van der Waals surface area contributed by atoms with Gasteiger partial charge in [0.2, 0.25) is 0 Å². The smallest absolute Gasteiger partial charge is 0.255 e. The molecule has 2 aromatic carbocycles. The Morgan fingerprint density at radius 1 is 1.19 bits per heavy atom. The monoisotopic (exact) mass is 395 g/mol. The summed E-state index contributed by atoms with van der Waals surface area (Å²) in [6, 6.07) is 13.3. The lowest BCUT2D eigenvalue weighted by molar-refractivity contribution is 0.102. The molecule has 1 N–H and O–H groups in total. The number of amides is 1. The van der Waals surface area contributed by atoms with E-state index >= 15 is 0 Å². The first-order valence-corrected chi connectivity index (χ1v) is 8.04. The molecular weight excluding hydrogens is 377 g/mol. The van der Waals surface area contributed by atoms with Crippen molar-refractivity contribution in [3.05, 3.63) is 57.2 Å². The Morgan fingerprint density at radius 3 is 2.71 bits per heavy atom. The molecule has 110 valence electrons. The van der Waals surface area contributed by atoms with Crippen molar-refractivity contribution in [2.24, 2.45) is 0 Å². The average Bonchev–Trinajstić information content (AvgIpc) is 2.49. The molecule has 1 amide bonds. The van der Waals surface area contributed by atoms with Gasteiger partial charge in [-0.05, 0) is 77.9 Å². The Bertz CT molecular complexity index is 640. The molecule has 0 bridgehead atoms. The van der Waals surface area contributed by atoms with Gasteiger partial charge in [0, 0.05) is 14.8 Å². The Balaban J connectivity index is 2.20. The number of benzene rings is 2. The van der Waals surface area contributed by atoms with Gasteiger partial charge in [-0.25, -0.2) is 0 Å². The Hall–Kier alpha value is -1.56. The van der Waals surface area contributed by atoms with E-state index in [4.69, 9.17) is 4.74 Å². The number of anilines is 1. The van der Waals surface area contributed by atoms with Crippen molar-refractivity contribution in [1.82, 2.24) is 0 Å². The lowest BCUT2D eigenvalue weighted by atomic mass is 10.1. The molecule has 0 aliphatic carbocycles. The first kappa shape index (κ1) is 15.8. The van der Waals surface area contributed by atoms with Crippen LogP contribution in [0.3, 0.4) is 0 Å². The molecule has 0 atom stereocenters. The zero-order chi connectivity index (χ0) is 15.2. The summed E-state index contributed by atoms with van der Waals surface area (Å²) < 4.78 is 6.59. The zero-order valence-corrected chi connectivity index (χ0v) is 14.3. The highest BCUT2D eigenvalue weighted by molar-refractivity contribution is 14.1. The number of carbonyl (C=O) groups is 1. The number of carbonyl (C=O) groups excluding carboxylic acids is 1. The molecule has 0 aliphatic heterocycles. The second kappa shape index (κ2) is 7.45. The standard InChI is InChI=1S/C17H18INO2/c1-3-12-10-14(18)8-9-16(12)19-17(20)13-6-5-7-15(11-13)21-4-2/h5-11H,3-4H2,1-2H3,(H,19,20). The van der Waals surface area contributed by atoms with Crippen molar-refractivity contribution in [2.45, 2.75) is 20.3 Å². The van der Waals surface area contributed by atoms with Crippen LogP contribution in [0.15, 0.2) is 42.5 Å². The maximum atomic E-state index is 12.4. The Kier molecular flexibility index (Phi) is 5.61. The molecule has 0 aliphatic rings. The van der Waals surface area contributed by atoms with Crippen molar-refractivity contribution in [3.8, 4) is 5.75 Å². The predicted molar refractivity (Wildman–Crippen MR) is 94.1 cm³/mol. The molecule has 0 fully saturated rings. The van der Waals surface area contributed by atoms with Crippen LogP contribution in [0.5, 0.6) is 5.75 Å². The van der Waals surface area contributed by atoms with E-state index in [-0.39, 0.29) is 5.91 Å². The summed E-state index contributed by atoms with van der Waals surface area (Å²) in [6.07, 6.45) is 0.880. The summed E-state index contributed by atoms with van der Waals surface area (Å²) in [4.78, 5) is 12.4. The number of hydrogen-bond donors (Lipinski definition) is 1. The highest BCUT2D eigenvalue weighted by atomic mass is 127. The van der Waals surface area contributed by atoms with E-state index in [2.05, 4.69) is 40.9 Å². The maximum Gasteiger partial charge on any atom is 0.255 e. The number of halogens is 1. The van der Waals surface area contributed by atoms with Gasteiger partial charge in [-0.3, -0.25) is 4.79 Å². The molecule has 2 aromatic rings. The minimum atomic E-state index is -0.118. The fraction of sp³-hybridized carbons (Fsp3) is 0.235. The third-order valence-corrected chi connectivity index (χ3v) is 3.77. The van der Waals surface area contributed by atoms with Crippen LogP contribution in [-0.4, -0.2) is 12.5 Å². The van der Waals surface area contributed by atoms with Gasteiger partial charge in [0.25, 0.3) is 5.91 Å². The van der Waals surface area contributed by atoms with Gasteiger partial charge >= 0.3 is 0 Å². The number of hydrogen-bond acceptors (Lipinski definition) is 2. The van der Waals surface area contributed by atoms with Gasteiger partial charge in [0.05, 0.1) is 6.61 Å². The second-order valence-electron chi connectivity index (χ2n) is 4.57. The molecule has 0 saturated carbocycles. The summed E-state index contributed by atoms with van der Waals surface area (Å²) in [6.45, 7) is 4.59. The Labute approximate surface area is 138 Å². The van der Waals surface area contributed by atoms with Crippen molar-refractivity contribution in [2.75, 3.05) is 11.9 Å². The molecule has 0 aromatic heterocycles. The molecular formula is C17H18INO2. The molecule has 0 saturated heterocycles. The topological polar surface area (TPSA) is 38.3 Å². The SMILES string of the molecule is CCOc1cccc(C(=O)Nc2ccc(I)cc2CC)c1. The third kappa shape index (κ3) is 4.20. The molecule has 0 unspecified atom stereocenters. The lowest BCUT2D eigenvalue weighted by Gasteiger charge is -2.11. The van der Waals surface area contributed by atoms with E-state index in [9.17, 15) is 4.79 Å². The fourth-order valence-corrected chi connectivity index (χ4v) is 2.62. The normalized spacial score (nSPS) is 10.2. The van der Waals surface area contributed by atoms with Crippen molar-refractivity contribution in [1.29, 1.82) is 0 Å². The predicted octanol–water partition coefficient (Wildman–Crippen LogP) is 4.50. The van der Waals surface area contributed by atoms with Gasteiger partial charge < -0.3 is 10.1 Å². The summed E-state index contributed by atoms with van der Waals surface area (Å²) in [5.74, 6) is 0.593. The molecule has 0 radical (unpaired) electrons. The van der Waals surface area contributed by atoms with Crippen molar-refractivity contribution in [3.63, 3.8) is 0 Å². The van der Waals surface area contributed by atoms with Gasteiger partial charge in [-0.2, -0.15) is 0 Å². The summed E-state index contributed by atoms with van der Waals surface area (Å²) in [5, 5.41) is 2.98. The Morgan fingerprint density at radius 2 is 2.00 bits per heavy atom. The minimum Gasteiger partial charge on any atom is -0.494 e. The van der Waals surface area contributed by atoms with E-state index in [0.29, 0.717) is 17.9 Å². The van der Waals surface area contributed by atoms with E-state index in [1.165, 1.54) is 3.57 Å². The van der Waals surface area contributed by atoms with Crippen LogP contribution >= 0.6 is 22.6 Å². The van der Waals surface area contributed by atoms with Crippen LogP contribution in [0.25, 0.3) is 0 Å². The van der Waals surface area contributed by atoms with E-state index in [0.717, 1.165) is 17.7 Å². The molecule has 0 spiro atoms. The number of nitrogens with one attached hydrogen (secondary N) is 1. The van der Waals surface area contributed by atoms with Gasteiger partial charge in [-0.1, -0.05) is 13.0 Å². The first-order valence-electron chi connectivity index (χ1n) is 6.96. The number of rotatable bonds is 5. The van der Waals surface area contributed by atoms with Crippen LogP contribution in [0, 0.1) is 3.57 Å². The summed E-state index contributed by atoms with van der Waals surface area (Å²) in [7, 11) is 0. The van der Waals surface area contributed by atoms with Gasteiger partial charge in [0.15, 0.2) is 0 Å². The second-order valence-corrected chi connectivity index (χ2v) is 5.82. The third-order valence-electron chi connectivity index (χ3n) is 3.10. The quantitative estimate of drug-likeness (QED) is 0.757. The molecule has 21 heavy (non-hydrogen) atoms. The maximum absolute atomic E-state index is 12.4. The van der Waals surface area contributed by atoms with E-state index in [1.54, 1.807) is 12.1 Å².